The number of anilines is 3. The monoisotopic (exact) mass is 479 g/mol. The van der Waals surface area contributed by atoms with Crippen molar-refractivity contribution in [1.82, 2.24) is 15.0 Å². The molecule has 2 aromatic heterocycles. The second-order valence-electron chi connectivity index (χ2n) is 7.97. The van der Waals surface area contributed by atoms with Gasteiger partial charge in [-0.05, 0) is 12.1 Å². The van der Waals surface area contributed by atoms with Crippen molar-refractivity contribution in [3.05, 3.63) is 79.0 Å². The number of hydrogen-bond donors (Lipinski definition) is 2. The predicted octanol–water partition coefficient (Wildman–Crippen LogP) is 5.71. The van der Waals surface area contributed by atoms with Crippen LogP contribution >= 0.6 is 0 Å². The van der Waals surface area contributed by atoms with Crippen molar-refractivity contribution in [2.75, 3.05) is 32.4 Å². The molecule has 0 aliphatic heterocycles. The first-order valence-electron chi connectivity index (χ1n) is 11.3. The van der Waals surface area contributed by atoms with Gasteiger partial charge in [-0.1, -0.05) is 48.5 Å². The maximum absolute atomic E-state index is 6.47. The van der Waals surface area contributed by atoms with Gasteiger partial charge in [-0.2, -0.15) is 4.98 Å². The van der Waals surface area contributed by atoms with Gasteiger partial charge in [-0.15, -0.1) is 0 Å². The molecule has 0 saturated heterocycles. The number of aromatic nitrogens is 3. The molecule has 0 aliphatic carbocycles. The van der Waals surface area contributed by atoms with E-state index in [0.717, 1.165) is 27.7 Å². The highest BCUT2D eigenvalue weighted by atomic mass is 16.5. The molecular weight excluding hydrogens is 454 g/mol. The van der Waals surface area contributed by atoms with E-state index in [-0.39, 0.29) is 0 Å². The topological polar surface area (TPSA) is 104 Å². The molecule has 0 bridgehead atoms. The smallest absolute Gasteiger partial charge is 0.229 e. The molecule has 0 radical (unpaired) electrons. The van der Waals surface area contributed by atoms with Crippen LogP contribution in [0.2, 0.25) is 0 Å². The number of benzene rings is 3. The molecule has 0 spiro atoms. The van der Waals surface area contributed by atoms with Gasteiger partial charge in [0.25, 0.3) is 0 Å². The van der Waals surface area contributed by atoms with E-state index in [0.29, 0.717) is 40.3 Å². The zero-order chi connectivity index (χ0) is 25.1. The van der Waals surface area contributed by atoms with Crippen molar-refractivity contribution in [3.63, 3.8) is 0 Å². The zero-order valence-corrected chi connectivity index (χ0v) is 20.1. The van der Waals surface area contributed by atoms with Crippen LogP contribution in [0.4, 0.5) is 17.5 Å². The van der Waals surface area contributed by atoms with Gasteiger partial charge in [0, 0.05) is 46.1 Å². The second kappa shape index (κ2) is 9.79. The van der Waals surface area contributed by atoms with Gasteiger partial charge in [0.2, 0.25) is 11.7 Å². The Hall–Kier alpha value is -4.85. The number of hydrogen-bond acceptors (Lipinski definition) is 8. The highest BCUT2D eigenvalue weighted by molar-refractivity contribution is 5.93. The number of rotatable bonds is 7. The number of nitrogens with one attached hydrogen (secondary N) is 1. The minimum Gasteiger partial charge on any atom is -0.493 e. The first kappa shape index (κ1) is 22.9. The summed E-state index contributed by atoms with van der Waals surface area (Å²) in [6.07, 6.45) is 1.71. The largest absolute Gasteiger partial charge is 0.493 e. The van der Waals surface area contributed by atoms with Crippen LogP contribution in [0.25, 0.3) is 33.3 Å². The molecule has 0 unspecified atom stereocenters. The maximum atomic E-state index is 6.47. The summed E-state index contributed by atoms with van der Waals surface area (Å²) in [5.41, 5.74) is 11.4. The van der Waals surface area contributed by atoms with Crippen LogP contribution in [0, 0.1) is 0 Å². The van der Waals surface area contributed by atoms with Crippen LogP contribution in [0.15, 0.2) is 79.0 Å². The summed E-state index contributed by atoms with van der Waals surface area (Å²) in [6, 6.07) is 23.6. The molecular formula is C28H25N5O3. The molecule has 3 N–H and O–H groups in total. The Labute approximate surface area is 208 Å². The molecule has 36 heavy (non-hydrogen) atoms. The van der Waals surface area contributed by atoms with Crippen LogP contribution in [-0.2, 0) is 0 Å². The number of para-hydroxylation sites is 1. The minimum absolute atomic E-state index is 0.328. The van der Waals surface area contributed by atoms with Gasteiger partial charge in [0.05, 0.1) is 32.5 Å². The minimum atomic E-state index is 0.328. The Kier molecular flexibility index (Phi) is 6.23. The molecule has 5 rings (SSSR count). The molecule has 5 aromatic rings. The van der Waals surface area contributed by atoms with Gasteiger partial charge in [-0.25, -0.2) is 9.97 Å². The number of nitrogens with two attached hydrogens (primary N) is 1. The summed E-state index contributed by atoms with van der Waals surface area (Å²) in [5.74, 6) is 2.19. The quantitative estimate of drug-likeness (QED) is 0.306. The van der Waals surface area contributed by atoms with E-state index >= 15 is 0 Å². The van der Waals surface area contributed by atoms with Crippen molar-refractivity contribution in [2.24, 2.45) is 0 Å². The van der Waals surface area contributed by atoms with Crippen molar-refractivity contribution < 1.29 is 14.2 Å². The Morgan fingerprint density at radius 1 is 0.750 bits per heavy atom. The first-order valence-corrected chi connectivity index (χ1v) is 11.3. The number of nitrogen functional groups attached to an aromatic ring is 1. The van der Waals surface area contributed by atoms with E-state index in [1.54, 1.807) is 39.7 Å². The molecule has 0 amide bonds. The Bertz CT molecular complexity index is 1510. The number of fused-ring (bicyclic) bond motifs is 1. The van der Waals surface area contributed by atoms with Gasteiger partial charge >= 0.3 is 0 Å². The molecule has 8 heteroatoms. The van der Waals surface area contributed by atoms with Crippen LogP contribution in [0.3, 0.4) is 0 Å². The Morgan fingerprint density at radius 3 is 2.11 bits per heavy atom. The molecule has 0 fully saturated rings. The summed E-state index contributed by atoms with van der Waals surface area (Å²) >= 11 is 0. The van der Waals surface area contributed by atoms with E-state index < -0.39 is 0 Å². The van der Waals surface area contributed by atoms with Crippen molar-refractivity contribution in [3.8, 4) is 39.6 Å². The maximum Gasteiger partial charge on any atom is 0.229 e. The van der Waals surface area contributed by atoms with Crippen molar-refractivity contribution >= 4 is 28.4 Å². The van der Waals surface area contributed by atoms with Gasteiger partial charge in [0.1, 0.15) is 5.82 Å². The molecule has 3 aromatic carbocycles. The summed E-state index contributed by atoms with van der Waals surface area (Å²) in [4.78, 5) is 14.0. The number of ether oxygens (including phenoxy) is 3. The standard InChI is InChI=1S/C28H25N5O3/c1-34-23-14-19(15-24(35-2)26(23)36-3)31-28-30-16-21(27(29)33-28)20-13-18-11-7-8-12-22(18)32-25(20)17-9-5-4-6-10-17/h4-16H,1-3H3,(H3,29,30,31,33). The number of pyridine rings is 1. The van der Waals surface area contributed by atoms with Crippen molar-refractivity contribution in [1.29, 1.82) is 0 Å². The fourth-order valence-corrected chi connectivity index (χ4v) is 4.08. The van der Waals surface area contributed by atoms with E-state index in [9.17, 15) is 0 Å². The van der Waals surface area contributed by atoms with E-state index in [4.69, 9.17) is 24.9 Å². The average Bonchev–Trinajstić information content (AvgIpc) is 2.92. The molecule has 0 saturated carbocycles. The lowest BCUT2D eigenvalue weighted by Gasteiger charge is -2.15. The molecule has 180 valence electrons. The molecule has 0 aliphatic rings. The number of nitrogens with zero attached hydrogens (tertiary/aromatic N) is 3. The fourth-order valence-electron chi connectivity index (χ4n) is 4.08. The zero-order valence-electron chi connectivity index (χ0n) is 20.1. The lowest BCUT2D eigenvalue weighted by Crippen LogP contribution is -2.04. The molecule has 8 nitrogen and oxygen atoms in total. The third-order valence-corrected chi connectivity index (χ3v) is 5.80. The van der Waals surface area contributed by atoms with Gasteiger partial charge in [0.15, 0.2) is 11.5 Å². The predicted molar refractivity (Wildman–Crippen MR) is 142 cm³/mol. The lowest BCUT2D eigenvalue weighted by molar-refractivity contribution is 0.324. The molecule has 0 atom stereocenters. The first-order chi connectivity index (χ1) is 17.6. The third kappa shape index (κ3) is 4.32. The van der Waals surface area contributed by atoms with Gasteiger partial charge < -0.3 is 25.3 Å². The summed E-state index contributed by atoms with van der Waals surface area (Å²) in [5, 5.41) is 4.17. The summed E-state index contributed by atoms with van der Waals surface area (Å²) in [6.45, 7) is 0. The normalized spacial score (nSPS) is 10.8. The van der Waals surface area contributed by atoms with Crippen LogP contribution < -0.4 is 25.3 Å². The second-order valence-corrected chi connectivity index (χ2v) is 7.97. The summed E-state index contributed by atoms with van der Waals surface area (Å²) < 4.78 is 16.3. The third-order valence-electron chi connectivity index (χ3n) is 5.80. The highest BCUT2D eigenvalue weighted by Gasteiger charge is 2.17. The van der Waals surface area contributed by atoms with Gasteiger partial charge in [-0.3, -0.25) is 0 Å². The average molecular weight is 480 g/mol. The van der Waals surface area contributed by atoms with E-state index in [2.05, 4.69) is 21.4 Å². The number of methoxy groups -OCH3 is 3. The summed E-state index contributed by atoms with van der Waals surface area (Å²) in [7, 11) is 4.68. The van der Waals surface area contributed by atoms with Crippen LogP contribution in [0.1, 0.15) is 0 Å². The highest BCUT2D eigenvalue weighted by Crippen LogP contribution is 2.41. The molecule has 2 heterocycles. The Balaban J connectivity index is 1.56. The van der Waals surface area contributed by atoms with E-state index in [1.807, 2.05) is 54.6 Å². The fraction of sp³-hybridized carbons (Fsp3) is 0.107. The van der Waals surface area contributed by atoms with E-state index in [1.165, 1.54) is 0 Å². The van der Waals surface area contributed by atoms with Crippen LogP contribution in [-0.4, -0.2) is 36.3 Å². The van der Waals surface area contributed by atoms with Crippen LogP contribution in [0.5, 0.6) is 17.2 Å². The lowest BCUT2D eigenvalue weighted by atomic mass is 9.98. The SMILES string of the molecule is COc1cc(Nc2ncc(-c3cc4ccccc4nc3-c3ccccc3)c(N)n2)cc(OC)c1OC. The Morgan fingerprint density at radius 2 is 1.44 bits per heavy atom. The van der Waals surface area contributed by atoms with Crippen molar-refractivity contribution in [2.45, 2.75) is 0 Å².